The van der Waals surface area contributed by atoms with E-state index in [0.717, 1.165) is 43.7 Å². The molecule has 0 saturated heterocycles. The van der Waals surface area contributed by atoms with E-state index in [-0.39, 0.29) is 12.0 Å². The molecule has 21 heavy (non-hydrogen) atoms. The maximum absolute atomic E-state index is 11.9. The summed E-state index contributed by atoms with van der Waals surface area (Å²) in [6, 6.07) is 7.31. The van der Waals surface area contributed by atoms with Crippen LogP contribution in [0.15, 0.2) is 24.3 Å². The monoisotopic (exact) mass is 292 g/mol. The molecule has 1 saturated carbocycles. The highest BCUT2D eigenvalue weighted by atomic mass is 16.5. The summed E-state index contributed by atoms with van der Waals surface area (Å²) in [6.45, 7) is 1.13. The third-order valence-electron chi connectivity index (χ3n) is 3.89. The van der Waals surface area contributed by atoms with Crippen LogP contribution in [0.3, 0.4) is 0 Å². The number of anilines is 1. The van der Waals surface area contributed by atoms with Crippen molar-refractivity contribution >= 4 is 11.6 Å². The maximum atomic E-state index is 11.9. The van der Waals surface area contributed by atoms with Gasteiger partial charge in [0.1, 0.15) is 5.75 Å². The number of aliphatic hydroxyl groups is 1. The summed E-state index contributed by atoms with van der Waals surface area (Å²) in [7, 11) is 1.60. The average Bonchev–Trinajstić information content (AvgIpc) is 2.49. The van der Waals surface area contributed by atoms with Crippen molar-refractivity contribution in [3.8, 4) is 5.75 Å². The Morgan fingerprint density at radius 2 is 2.10 bits per heavy atom. The van der Waals surface area contributed by atoms with E-state index in [2.05, 4.69) is 10.6 Å². The van der Waals surface area contributed by atoms with Gasteiger partial charge in [-0.15, -0.1) is 0 Å². The second-order valence-electron chi connectivity index (χ2n) is 5.59. The molecule has 1 fully saturated rings. The smallest absolute Gasteiger partial charge is 0.238 e. The first-order chi connectivity index (χ1) is 10.2. The van der Waals surface area contributed by atoms with Crippen LogP contribution >= 0.6 is 0 Å². The van der Waals surface area contributed by atoms with Crippen LogP contribution < -0.4 is 15.4 Å². The van der Waals surface area contributed by atoms with Crippen molar-refractivity contribution in [3.63, 3.8) is 0 Å². The van der Waals surface area contributed by atoms with Crippen molar-refractivity contribution in [1.82, 2.24) is 5.32 Å². The molecule has 1 aliphatic carbocycles. The minimum absolute atomic E-state index is 0.0564. The van der Waals surface area contributed by atoms with Crippen LogP contribution in [-0.2, 0) is 4.79 Å². The molecule has 2 rings (SSSR count). The number of ether oxygens (including phenoxy) is 1. The molecule has 1 aliphatic rings. The summed E-state index contributed by atoms with van der Waals surface area (Å²) >= 11 is 0. The van der Waals surface area contributed by atoms with E-state index >= 15 is 0 Å². The molecule has 3 N–H and O–H groups in total. The van der Waals surface area contributed by atoms with E-state index in [9.17, 15) is 9.90 Å². The summed E-state index contributed by atoms with van der Waals surface area (Å²) in [5, 5.41) is 15.5. The number of aliphatic hydroxyl groups excluding tert-OH is 1. The van der Waals surface area contributed by atoms with E-state index in [1.807, 2.05) is 18.2 Å². The summed E-state index contributed by atoms with van der Waals surface area (Å²) in [6.07, 6.45) is 3.69. The number of methoxy groups -OCH3 is 1. The van der Waals surface area contributed by atoms with Crippen LogP contribution in [0.2, 0.25) is 0 Å². The Bertz CT molecular complexity index is 457. The zero-order chi connectivity index (χ0) is 15.1. The second kappa shape index (κ2) is 8.00. The number of carbonyl (C=O) groups excluding carboxylic acids is 1. The molecule has 0 spiro atoms. The van der Waals surface area contributed by atoms with Crippen LogP contribution in [0.4, 0.5) is 5.69 Å². The SMILES string of the molecule is COc1cccc(NC(=O)CNCC2CCC(O)CC2)c1. The quantitative estimate of drug-likeness (QED) is 0.747. The van der Waals surface area contributed by atoms with Crippen molar-refractivity contribution in [2.45, 2.75) is 31.8 Å². The van der Waals surface area contributed by atoms with Gasteiger partial charge in [-0.2, -0.15) is 0 Å². The van der Waals surface area contributed by atoms with Gasteiger partial charge in [0.05, 0.1) is 19.8 Å². The zero-order valence-corrected chi connectivity index (χ0v) is 12.5. The third kappa shape index (κ3) is 5.36. The predicted molar refractivity (Wildman–Crippen MR) is 82.5 cm³/mol. The number of amides is 1. The van der Waals surface area contributed by atoms with Gasteiger partial charge in [0.2, 0.25) is 5.91 Å². The van der Waals surface area contributed by atoms with Crippen molar-refractivity contribution in [2.24, 2.45) is 5.92 Å². The Morgan fingerprint density at radius 3 is 2.81 bits per heavy atom. The molecule has 0 heterocycles. The minimum atomic E-state index is -0.127. The van der Waals surface area contributed by atoms with E-state index in [0.29, 0.717) is 12.5 Å². The maximum Gasteiger partial charge on any atom is 0.238 e. The molecular formula is C16H24N2O3. The molecule has 0 atom stereocenters. The van der Waals surface area contributed by atoms with Crippen LogP contribution in [0.1, 0.15) is 25.7 Å². The molecule has 0 unspecified atom stereocenters. The van der Waals surface area contributed by atoms with Gasteiger partial charge < -0.3 is 20.5 Å². The minimum Gasteiger partial charge on any atom is -0.497 e. The van der Waals surface area contributed by atoms with Crippen LogP contribution in [0.5, 0.6) is 5.75 Å². The molecule has 5 heteroatoms. The topological polar surface area (TPSA) is 70.6 Å². The lowest BCUT2D eigenvalue weighted by atomic mass is 9.87. The number of benzene rings is 1. The molecule has 0 aliphatic heterocycles. The van der Waals surface area contributed by atoms with Crippen LogP contribution in [0, 0.1) is 5.92 Å². The van der Waals surface area contributed by atoms with Crippen molar-refractivity contribution in [2.75, 3.05) is 25.5 Å². The molecule has 0 radical (unpaired) electrons. The van der Waals surface area contributed by atoms with Crippen molar-refractivity contribution in [1.29, 1.82) is 0 Å². The van der Waals surface area contributed by atoms with Gasteiger partial charge in [-0.05, 0) is 50.3 Å². The van der Waals surface area contributed by atoms with E-state index in [1.165, 1.54) is 0 Å². The molecule has 1 amide bonds. The molecule has 1 aromatic carbocycles. The van der Waals surface area contributed by atoms with Crippen molar-refractivity contribution in [3.05, 3.63) is 24.3 Å². The van der Waals surface area contributed by atoms with Gasteiger partial charge in [0.15, 0.2) is 0 Å². The lowest BCUT2D eigenvalue weighted by Crippen LogP contribution is -2.33. The highest BCUT2D eigenvalue weighted by Crippen LogP contribution is 2.23. The number of carbonyl (C=O) groups is 1. The van der Waals surface area contributed by atoms with Crippen LogP contribution in [0.25, 0.3) is 0 Å². The molecule has 0 bridgehead atoms. The van der Waals surface area contributed by atoms with Gasteiger partial charge in [-0.25, -0.2) is 0 Å². The van der Waals surface area contributed by atoms with E-state index in [4.69, 9.17) is 4.74 Å². The lowest BCUT2D eigenvalue weighted by Gasteiger charge is -2.25. The summed E-state index contributed by atoms with van der Waals surface area (Å²) in [4.78, 5) is 11.9. The lowest BCUT2D eigenvalue weighted by molar-refractivity contribution is -0.115. The Kier molecular flexibility index (Phi) is 6.02. The van der Waals surface area contributed by atoms with E-state index < -0.39 is 0 Å². The van der Waals surface area contributed by atoms with Gasteiger partial charge in [0.25, 0.3) is 0 Å². The van der Waals surface area contributed by atoms with Crippen LogP contribution in [-0.4, -0.2) is 37.3 Å². The Labute approximate surface area is 125 Å². The van der Waals surface area contributed by atoms with E-state index in [1.54, 1.807) is 13.2 Å². The molecule has 116 valence electrons. The third-order valence-corrected chi connectivity index (χ3v) is 3.89. The average molecular weight is 292 g/mol. The standard InChI is InChI=1S/C16H24N2O3/c1-21-15-4-2-3-13(9-15)18-16(20)11-17-10-12-5-7-14(19)8-6-12/h2-4,9,12,14,17,19H,5-8,10-11H2,1H3,(H,18,20). The fraction of sp³-hybridized carbons (Fsp3) is 0.562. The molecular weight excluding hydrogens is 268 g/mol. The number of rotatable bonds is 6. The molecule has 0 aromatic heterocycles. The molecule has 5 nitrogen and oxygen atoms in total. The highest BCUT2D eigenvalue weighted by molar-refractivity contribution is 5.92. The first-order valence-electron chi connectivity index (χ1n) is 7.50. The largest absolute Gasteiger partial charge is 0.497 e. The summed E-state index contributed by atoms with van der Waals surface area (Å²) in [5.74, 6) is 1.23. The highest BCUT2D eigenvalue weighted by Gasteiger charge is 2.19. The number of hydrogen-bond acceptors (Lipinski definition) is 4. The fourth-order valence-electron chi connectivity index (χ4n) is 2.64. The van der Waals surface area contributed by atoms with Gasteiger partial charge in [-0.3, -0.25) is 4.79 Å². The zero-order valence-electron chi connectivity index (χ0n) is 12.5. The van der Waals surface area contributed by atoms with Gasteiger partial charge in [-0.1, -0.05) is 6.07 Å². The number of hydrogen-bond donors (Lipinski definition) is 3. The first-order valence-corrected chi connectivity index (χ1v) is 7.50. The Balaban J connectivity index is 1.67. The first kappa shape index (κ1) is 15.8. The Morgan fingerprint density at radius 1 is 1.33 bits per heavy atom. The summed E-state index contributed by atoms with van der Waals surface area (Å²) in [5.41, 5.74) is 0.738. The van der Waals surface area contributed by atoms with Crippen molar-refractivity contribution < 1.29 is 14.6 Å². The van der Waals surface area contributed by atoms with Gasteiger partial charge >= 0.3 is 0 Å². The normalized spacial score (nSPS) is 21.8. The molecule has 1 aromatic rings. The fourth-order valence-corrected chi connectivity index (χ4v) is 2.64. The summed E-state index contributed by atoms with van der Waals surface area (Å²) < 4.78 is 5.12. The predicted octanol–water partition coefficient (Wildman–Crippen LogP) is 1.77. The Hall–Kier alpha value is -1.59. The second-order valence-corrected chi connectivity index (χ2v) is 5.59. The van der Waals surface area contributed by atoms with Gasteiger partial charge in [0, 0.05) is 11.8 Å². The number of nitrogens with one attached hydrogen (secondary N) is 2.